The quantitative estimate of drug-likeness (QED) is 0.767. The molecule has 0 spiro atoms. The van der Waals surface area contributed by atoms with Crippen LogP contribution >= 0.6 is 0 Å². The number of anilines is 1. The predicted octanol–water partition coefficient (Wildman–Crippen LogP) is 2.38. The number of rotatable bonds is 7. The molecule has 28 heavy (non-hydrogen) atoms. The standard InChI is InChI=1S/C21H22N2O5/c1-28-18-10-6-5-9-17(18)23-13-15(11-19(23)24)21(27)22-16(12-20(25)26)14-7-3-2-4-8-14/h2-10,15-16H,11-13H2,1H3,(H,22,27)(H,25,26). The third kappa shape index (κ3) is 4.31. The van der Waals surface area contributed by atoms with Crippen LogP contribution < -0.4 is 15.0 Å². The van der Waals surface area contributed by atoms with Crippen molar-refractivity contribution in [1.82, 2.24) is 5.32 Å². The lowest BCUT2D eigenvalue weighted by atomic mass is 10.0. The zero-order valence-electron chi connectivity index (χ0n) is 15.5. The van der Waals surface area contributed by atoms with Gasteiger partial charge in [0.05, 0.1) is 31.2 Å². The van der Waals surface area contributed by atoms with Crippen LogP contribution in [0.2, 0.25) is 0 Å². The number of benzene rings is 2. The van der Waals surface area contributed by atoms with Gasteiger partial charge in [0.2, 0.25) is 11.8 Å². The first-order valence-electron chi connectivity index (χ1n) is 9.00. The van der Waals surface area contributed by atoms with E-state index >= 15 is 0 Å². The number of ether oxygens (including phenoxy) is 1. The van der Waals surface area contributed by atoms with Crippen LogP contribution in [0.4, 0.5) is 5.69 Å². The highest BCUT2D eigenvalue weighted by Crippen LogP contribution is 2.33. The number of carboxylic acids is 1. The third-order valence-electron chi connectivity index (χ3n) is 4.77. The van der Waals surface area contributed by atoms with E-state index in [0.29, 0.717) is 17.0 Å². The van der Waals surface area contributed by atoms with Crippen molar-refractivity contribution in [3.05, 3.63) is 60.2 Å². The van der Waals surface area contributed by atoms with Crippen molar-refractivity contribution in [1.29, 1.82) is 0 Å². The second-order valence-corrected chi connectivity index (χ2v) is 6.65. The molecular formula is C21H22N2O5. The first-order chi connectivity index (χ1) is 13.5. The monoisotopic (exact) mass is 382 g/mol. The molecule has 2 N–H and O–H groups in total. The highest BCUT2D eigenvalue weighted by molar-refractivity contribution is 6.01. The predicted molar refractivity (Wildman–Crippen MR) is 103 cm³/mol. The molecule has 0 bridgehead atoms. The zero-order chi connectivity index (χ0) is 20.1. The van der Waals surface area contributed by atoms with Crippen molar-refractivity contribution >= 4 is 23.5 Å². The minimum Gasteiger partial charge on any atom is -0.495 e. The van der Waals surface area contributed by atoms with Crippen molar-refractivity contribution < 1.29 is 24.2 Å². The topological polar surface area (TPSA) is 95.9 Å². The summed E-state index contributed by atoms with van der Waals surface area (Å²) >= 11 is 0. The number of carbonyl (C=O) groups is 3. The Bertz CT molecular complexity index is 868. The van der Waals surface area contributed by atoms with Crippen molar-refractivity contribution in [3.63, 3.8) is 0 Å². The summed E-state index contributed by atoms with van der Waals surface area (Å²) in [6, 6.07) is 15.4. The number of carbonyl (C=O) groups excluding carboxylic acids is 2. The summed E-state index contributed by atoms with van der Waals surface area (Å²) in [5, 5.41) is 12.0. The Kier molecular flexibility index (Phi) is 5.93. The number of nitrogens with one attached hydrogen (secondary N) is 1. The van der Waals surface area contributed by atoms with E-state index in [1.54, 1.807) is 42.5 Å². The van der Waals surface area contributed by atoms with Gasteiger partial charge in [-0.3, -0.25) is 14.4 Å². The van der Waals surface area contributed by atoms with Crippen LogP contribution in [0.1, 0.15) is 24.4 Å². The smallest absolute Gasteiger partial charge is 0.305 e. The highest BCUT2D eigenvalue weighted by atomic mass is 16.5. The van der Waals surface area contributed by atoms with E-state index in [0.717, 1.165) is 0 Å². The summed E-state index contributed by atoms with van der Waals surface area (Å²) in [5.74, 6) is -1.50. The van der Waals surface area contributed by atoms with Gasteiger partial charge >= 0.3 is 5.97 Å². The summed E-state index contributed by atoms with van der Waals surface area (Å²) < 4.78 is 5.31. The van der Waals surface area contributed by atoms with Gasteiger partial charge in [-0.05, 0) is 17.7 Å². The molecule has 0 aromatic heterocycles. The fourth-order valence-electron chi connectivity index (χ4n) is 3.37. The van der Waals surface area contributed by atoms with E-state index < -0.39 is 17.9 Å². The fourth-order valence-corrected chi connectivity index (χ4v) is 3.37. The number of amides is 2. The van der Waals surface area contributed by atoms with Gasteiger partial charge in [0.25, 0.3) is 0 Å². The van der Waals surface area contributed by atoms with Crippen molar-refractivity contribution in [3.8, 4) is 5.75 Å². The van der Waals surface area contributed by atoms with Gasteiger partial charge in [-0.15, -0.1) is 0 Å². The average molecular weight is 382 g/mol. The molecule has 1 aliphatic rings. The van der Waals surface area contributed by atoms with Gasteiger partial charge in [0, 0.05) is 13.0 Å². The molecule has 1 heterocycles. The number of hydrogen-bond acceptors (Lipinski definition) is 4. The molecule has 146 valence electrons. The number of nitrogens with zero attached hydrogens (tertiary/aromatic N) is 1. The minimum atomic E-state index is -1.01. The number of para-hydroxylation sites is 2. The molecule has 1 saturated heterocycles. The average Bonchev–Trinajstić information content (AvgIpc) is 3.09. The molecule has 7 nitrogen and oxygen atoms in total. The van der Waals surface area contributed by atoms with E-state index in [-0.39, 0.29) is 31.2 Å². The third-order valence-corrected chi connectivity index (χ3v) is 4.77. The van der Waals surface area contributed by atoms with Crippen LogP contribution in [0.3, 0.4) is 0 Å². The lowest BCUT2D eigenvalue weighted by Crippen LogP contribution is -2.36. The summed E-state index contributed by atoms with van der Waals surface area (Å²) in [6.07, 6.45) is -0.162. The lowest BCUT2D eigenvalue weighted by Gasteiger charge is -2.21. The van der Waals surface area contributed by atoms with E-state index in [9.17, 15) is 19.5 Å². The lowest BCUT2D eigenvalue weighted by molar-refractivity contribution is -0.138. The van der Waals surface area contributed by atoms with Crippen LogP contribution in [0, 0.1) is 5.92 Å². The van der Waals surface area contributed by atoms with E-state index in [1.165, 1.54) is 12.0 Å². The number of carboxylic acid groups (broad SMARTS) is 1. The summed E-state index contributed by atoms with van der Waals surface area (Å²) in [5.41, 5.74) is 1.33. The minimum absolute atomic E-state index is 0.0679. The largest absolute Gasteiger partial charge is 0.495 e. The molecular weight excluding hydrogens is 360 g/mol. The van der Waals surface area contributed by atoms with Gasteiger partial charge in [-0.2, -0.15) is 0 Å². The SMILES string of the molecule is COc1ccccc1N1CC(C(=O)NC(CC(=O)O)c2ccccc2)CC1=O. The van der Waals surface area contributed by atoms with Crippen molar-refractivity contribution in [2.24, 2.45) is 5.92 Å². The molecule has 2 unspecified atom stereocenters. The molecule has 3 rings (SSSR count). The first kappa shape index (κ1) is 19.4. The maximum Gasteiger partial charge on any atom is 0.305 e. The van der Waals surface area contributed by atoms with Crippen LogP contribution in [0.15, 0.2) is 54.6 Å². The van der Waals surface area contributed by atoms with Crippen molar-refractivity contribution in [2.45, 2.75) is 18.9 Å². The maximum absolute atomic E-state index is 12.8. The van der Waals surface area contributed by atoms with E-state index in [4.69, 9.17) is 4.74 Å². The van der Waals surface area contributed by atoms with Crippen molar-refractivity contribution in [2.75, 3.05) is 18.6 Å². The molecule has 2 aromatic rings. The molecule has 0 aliphatic carbocycles. The molecule has 1 aliphatic heterocycles. The van der Waals surface area contributed by atoms with Crippen LogP contribution in [-0.4, -0.2) is 36.5 Å². The molecule has 2 atom stereocenters. The summed E-state index contributed by atoms with van der Waals surface area (Å²) in [7, 11) is 1.53. The van der Waals surface area contributed by atoms with Gasteiger partial charge in [-0.25, -0.2) is 0 Å². The molecule has 2 aromatic carbocycles. The maximum atomic E-state index is 12.8. The molecule has 0 radical (unpaired) electrons. The van der Waals surface area contributed by atoms with Gasteiger partial charge in [0.1, 0.15) is 5.75 Å². The molecule has 1 fully saturated rings. The van der Waals surface area contributed by atoms with E-state index in [1.807, 2.05) is 12.1 Å². The number of hydrogen-bond donors (Lipinski definition) is 2. The summed E-state index contributed by atoms with van der Waals surface area (Å²) in [6.45, 7) is 0.222. The number of aliphatic carboxylic acids is 1. The van der Waals surface area contributed by atoms with Gasteiger partial charge < -0.3 is 20.1 Å². The molecule has 0 saturated carbocycles. The molecule has 7 heteroatoms. The Labute approximate surface area is 162 Å². The first-order valence-corrected chi connectivity index (χ1v) is 9.00. The van der Waals surface area contributed by atoms with Crippen LogP contribution in [-0.2, 0) is 14.4 Å². The highest BCUT2D eigenvalue weighted by Gasteiger charge is 2.37. The Morgan fingerprint density at radius 1 is 1.18 bits per heavy atom. The second kappa shape index (κ2) is 8.56. The second-order valence-electron chi connectivity index (χ2n) is 6.65. The van der Waals surface area contributed by atoms with Crippen LogP contribution in [0.5, 0.6) is 5.75 Å². The van der Waals surface area contributed by atoms with Crippen LogP contribution in [0.25, 0.3) is 0 Å². The van der Waals surface area contributed by atoms with E-state index in [2.05, 4.69) is 5.32 Å². The van der Waals surface area contributed by atoms with Gasteiger partial charge in [-0.1, -0.05) is 42.5 Å². The molecule has 2 amide bonds. The summed E-state index contributed by atoms with van der Waals surface area (Å²) in [4.78, 5) is 38.0. The Morgan fingerprint density at radius 2 is 1.86 bits per heavy atom. The normalized spacial score (nSPS) is 17.2. The number of methoxy groups -OCH3 is 1. The Balaban J connectivity index is 1.73. The Hall–Kier alpha value is -3.35. The Morgan fingerprint density at radius 3 is 2.54 bits per heavy atom. The fraction of sp³-hybridized carbons (Fsp3) is 0.286. The van der Waals surface area contributed by atoms with Gasteiger partial charge in [0.15, 0.2) is 0 Å². The zero-order valence-corrected chi connectivity index (χ0v) is 15.5.